The first-order valence-corrected chi connectivity index (χ1v) is 8.24. The Morgan fingerprint density at radius 2 is 1.95 bits per heavy atom. The molecule has 1 amide bonds. The molecule has 1 saturated heterocycles. The van der Waals surface area contributed by atoms with E-state index in [0.29, 0.717) is 24.7 Å². The van der Waals surface area contributed by atoms with E-state index >= 15 is 0 Å². The van der Waals surface area contributed by atoms with Crippen LogP contribution in [0.4, 0.5) is 0 Å². The lowest BCUT2D eigenvalue weighted by atomic mass is 9.87. The summed E-state index contributed by atoms with van der Waals surface area (Å²) >= 11 is 5.87. The molecule has 1 aromatic rings. The van der Waals surface area contributed by atoms with Gasteiger partial charge in [-0.05, 0) is 50.3 Å². The van der Waals surface area contributed by atoms with Crippen LogP contribution < -0.4 is 0 Å². The van der Waals surface area contributed by atoms with Crippen molar-refractivity contribution in [3.05, 3.63) is 34.9 Å². The van der Waals surface area contributed by atoms with Gasteiger partial charge >= 0.3 is 0 Å². The number of amides is 1. The number of aliphatic hydroxyl groups excluding tert-OH is 1. The molecule has 0 radical (unpaired) electrons. The molecular formula is C17H24ClNO3. The summed E-state index contributed by atoms with van der Waals surface area (Å²) in [5, 5.41) is 11.2. The smallest absolute Gasteiger partial charge is 0.251 e. The molecule has 1 aromatic carbocycles. The molecule has 0 aliphatic carbocycles. The quantitative estimate of drug-likeness (QED) is 0.905. The zero-order chi connectivity index (χ0) is 16.1. The lowest BCUT2D eigenvalue weighted by Crippen LogP contribution is -2.44. The molecule has 22 heavy (non-hydrogen) atoms. The van der Waals surface area contributed by atoms with E-state index in [1.54, 1.807) is 19.1 Å². The average Bonchev–Trinajstić information content (AvgIpc) is 2.54. The van der Waals surface area contributed by atoms with Gasteiger partial charge < -0.3 is 14.7 Å². The summed E-state index contributed by atoms with van der Waals surface area (Å²) in [5.41, 5.74) is 0.886. The summed E-state index contributed by atoms with van der Waals surface area (Å²) in [7, 11) is 0. The van der Waals surface area contributed by atoms with E-state index in [1.807, 2.05) is 24.0 Å². The molecule has 0 spiro atoms. The fourth-order valence-electron chi connectivity index (χ4n) is 2.95. The van der Waals surface area contributed by atoms with Crippen molar-refractivity contribution >= 4 is 17.5 Å². The Hall–Kier alpha value is -1.10. The van der Waals surface area contributed by atoms with Gasteiger partial charge in [-0.2, -0.15) is 0 Å². The largest absolute Gasteiger partial charge is 0.388 e. The molecule has 0 bridgehead atoms. The zero-order valence-electron chi connectivity index (χ0n) is 13.2. The molecule has 0 saturated carbocycles. The van der Waals surface area contributed by atoms with Gasteiger partial charge in [-0.25, -0.2) is 0 Å². The van der Waals surface area contributed by atoms with Crippen LogP contribution in [0.5, 0.6) is 0 Å². The number of benzene rings is 1. The Kier molecular flexibility index (Phi) is 6.24. The van der Waals surface area contributed by atoms with Gasteiger partial charge in [0.15, 0.2) is 0 Å². The number of carbonyl (C=O) groups excluding carboxylic acids is 1. The summed E-state index contributed by atoms with van der Waals surface area (Å²) in [6.45, 7) is 5.56. The molecule has 1 fully saturated rings. The van der Waals surface area contributed by atoms with Crippen molar-refractivity contribution in [2.24, 2.45) is 5.92 Å². The van der Waals surface area contributed by atoms with Gasteiger partial charge in [0.1, 0.15) is 6.10 Å². The number of halogens is 1. The minimum absolute atomic E-state index is 0.0429. The maximum atomic E-state index is 12.2. The topological polar surface area (TPSA) is 49.8 Å². The van der Waals surface area contributed by atoms with Gasteiger partial charge in [0.2, 0.25) is 0 Å². The van der Waals surface area contributed by atoms with Gasteiger partial charge in [0.05, 0.1) is 6.10 Å². The highest BCUT2D eigenvalue weighted by Gasteiger charge is 2.30. The maximum absolute atomic E-state index is 12.2. The van der Waals surface area contributed by atoms with E-state index in [9.17, 15) is 9.90 Å². The van der Waals surface area contributed by atoms with E-state index in [1.165, 1.54) is 0 Å². The fraction of sp³-hybridized carbons (Fsp3) is 0.588. The molecule has 1 heterocycles. The lowest BCUT2D eigenvalue weighted by Gasteiger charge is -2.35. The summed E-state index contributed by atoms with van der Waals surface area (Å²) < 4.78 is 5.36. The molecule has 1 aliphatic rings. The molecular weight excluding hydrogens is 302 g/mol. The zero-order valence-corrected chi connectivity index (χ0v) is 13.9. The minimum Gasteiger partial charge on any atom is -0.388 e. The summed E-state index contributed by atoms with van der Waals surface area (Å²) in [5.74, 6) is 0.217. The van der Waals surface area contributed by atoms with E-state index in [4.69, 9.17) is 16.3 Å². The third kappa shape index (κ3) is 4.22. The Labute approximate surface area is 137 Å². The number of hydrogen-bond acceptors (Lipinski definition) is 3. The van der Waals surface area contributed by atoms with Crippen molar-refractivity contribution in [1.29, 1.82) is 0 Å². The number of likely N-dealkylation sites (tertiary alicyclic amines) is 1. The Morgan fingerprint density at radius 3 is 2.50 bits per heavy atom. The Morgan fingerprint density at radius 1 is 1.36 bits per heavy atom. The highest BCUT2D eigenvalue weighted by atomic mass is 35.5. The molecule has 0 aromatic heterocycles. The van der Waals surface area contributed by atoms with Gasteiger partial charge in [0, 0.05) is 24.7 Å². The minimum atomic E-state index is -0.501. The molecule has 1 N–H and O–H groups in total. The molecule has 5 heteroatoms. The maximum Gasteiger partial charge on any atom is 0.251 e. The third-order valence-corrected chi connectivity index (χ3v) is 4.53. The number of piperidine rings is 1. The second kappa shape index (κ2) is 7.95. The molecule has 4 nitrogen and oxygen atoms in total. The summed E-state index contributed by atoms with van der Waals surface area (Å²) in [4.78, 5) is 14.0. The molecule has 122 valence electrons. The number of aliphatic hydroxyl groups is 1. The van der Waals surface area contributed by atoms with E-state index in [0.717, 1.165) is 18.4 Å². The monoisotopic (exact) mass is 325 g/mol. The predicted octanol–water partition coefficient (Wildman–Crippen LogP) is 3.04. The number of nitrogens with zero attached hydrogens (tertiary/aromatic N) is 1. The molecule has 2 rings (SSSR count). The number of rotatable bonds is 5. The first-order chi connectivity index (χ1) is 10.5. The first-order valence-electron chi connectivity index (χ1n) is 7.86. The van der Waals surface area contributed by atoms with Gasteiger partial charge in [-0.1, -0.05) is 23.7 Å². The van der Waals surface area contributed by atoms with Crippen molar-refractivity contribution in [1.82, 2.24) is 4.90 Å². The standard InChI is InChI=1S/C17H24ClNO3/c1-3-22-12(2)17(21)19-10-8-14(9-11-19)16(20)13-4-6-15(18)7-5-13/h4-7,12,14,16,20H,3,8-11H2,1-2H3. The summed E-state index contributed by atoms with van der Waals surface area (Å²) in [6, 6.07) is 7.31. The first kappa shape index (κ1) is 17.3. The van der Waals surface area contributed by atoms with Crippen LogP contribution in [0, 0.1) is 5.92 Å². The van der Waals surface area contributed by atoms with Crippen molar-refractivity contribution in [3.63, 3.8) is 0 Å². The van der Waals surface area contributed by atoms with Crippen LogP contribution in [0.3, 0.4) is 0 Å². The van der Waals surface area contributed by atoms with Gasteiger partial charge in [0.25, 0.3) is 5.91 Å². The van der Waals surface area contributed by atoms with Crippen LogP contribution in [0.1, 0.15) is 38.4 Å². The number of carbonyl (C=O) groups is 1. The fourth-order valence-corrected chi connectivity index (χ4v) is 3.07. The van der Waals surface area contributed by atoms with Crippen molar-refractivity contribution in [2.75, 3.05) is 19.7 Å². The average molecular weight is 326 g/mol. The Bertz CT molecular complexity index is 483. The van der Waals surface area contributed by atoms with E-state index in [-0.39, 0.29) is 17.9 Å². The van der Waals surface area contributed by atoms with Crippen molar-refractivity contribution in [2.45, 2.75) is 38.9 Å². The van der Waals surface area contributed by atoms with Crippen LogP contribution in [0.15, 0.2) is 24.3 Å². The Balaban J connectivity index is 1.89. The van der Waals surface area contributed by atoms with Crippen molar-refractivity contribution < 1.29 is 14.6 Å². The van der Waals surface area contributed by atoms with Crippen LogP contribution >= 0.6 is 11.6 Å². The molecule has 2 unspecified atom stereocenters. The summed E-state index contributed by atoms with van der Waals surface area (Å²) in [6.07, 6.45) is 0.713. The SMILES string of the molecule is CCOC(C)C(=O)N1CCC(C(O)c2ccc(Cl)cc2)CC1. The van der Waals surface area contributed by atoms with E-state index < -0.39 is 6.10 Å². The molecule has 2 atom stereocenters. The second-order valence-electron chi connectivity index (χ2n) is 5.76. The number of hydrogen-bond donors (Lipinski definition) is 1. The predicted molar refractivity (Wildman–Crippen MR) is 86.8 cm³/mol. The van der Waals surface area contributed by atoms with Crippen LogP contribution in [0.2, 0.25) is 5.02 Å². The van der Waals surface area contributed by atoms with E-state index in [2.05, 4.69) is 0 Å². The molecule has 1 aliphatic heterocycles. The highest BCUT2D eigenvalue weighted by molar-refractivity contribution is 6.30. The van der Waals surface area contributed by atoms with Crippen LogP contribution in [-0.4, -0.2) is 41.7 Å². The number of ether oxygens (including phenoxy) is 1. The third-order valence-electron chi connectivity index (χ3n) is 4.27. The van der Waals surface area contributed by atoms with Crippen molar-refractivity contribution in [3.8, 4) is 0 Å². The highest BCUT2D eigenvalue weighted by Crippen LogP contribution is 2.31. The van der Waals surface area contributed by atoms with Gasteiger partial charge in [-0.3, -0.25) is 4.79 Å². The van der Waals surface area contributed by atoms with Gasteiger partial charge in [-0.15, -0.1) is 0 Å². The van der Waals surface area contributed by atoms with Crippen LogP contribution in [-0.2, 0) is 9.53 Å². The van der Waals surface area contributed by atoms with Crippen LogP contribution in [0.25, 0.3) is 0 Å². The normalized spacial score (nSPS) is 19.0. The lowest BCUT2D eigenvalue weighted by molar-refractivity contribution is -0.144. The second-order valence-corrected chi connectivity index (χ2v) is 6.19.